The van der Waals surface area contributed by atoms with Gasteiger partial charge in [-0.1, -0.05) is 17.7 Å². The van der Waals surface area contributed by atoms with Crippen molar-refractivity contribution in [1.82, 2.24) is 19.7 Å². The van der Waals surface area contributed by atoms with Crippen LogP contribution in [0.2, 0.25) is 5.02 Å². The number of nitrogens with zero attached hydrogens (tertiary/aromatic N) is 4. The second-order valence-corrected chi connectivity index (χ2v) is 6.00. The van der Waals surface area contributed by atoms with Gasteiger partial charge in [0, 0.05) is 6.54 Å². The first kappa shape index (κ1) is 15.0. The molecule has 0 unspecified atom stereocenters. The number of carbonyl (C=O) groups excluding carboxylic acids is 1. The molecule has 1 atom stereocenters. The molecule has 0 radical (unpaired) electrons. The third kappa shape index (κ3) is 2.27. The van der Waals surface area contributed by atoms with Crippen molar-refractivity contribution in [2.24, 2.45) is 0 Å². The Balaban J connectivity index is 1.97. The molecule has 2 aromatic rings. The van der Waals surface area contributed by atoms with Crippen molar-refractivity contribution in [3.05, 3.63) is 45.7 Å². The molecule has 0 N–H and O–H groups in total. The monoisotopic (exact) mass is 322 g/mol. The highest BCUT2D eigenvalue weighted by molar-refractivity contribution is 6.34. The molecule has 7 heteroatoms. The highest BCUT2D eigenvalue weighted by Crippen LogP contribution is 2.28. The summed E-state index contributed by atoms with van der Waals surface area (Å²) in [7, 11) is 0. The molecule has 116 valence electrons. The second kappa shape index (κ2) is 5.35. The molecule has 0 bridgehead atoms. The number of amides is 1. The summed E-state index contributed by atoms with van der Waals surface area (Å²) >= 11 is 6.13. The maximum Gasteiger partial charge on any atom is 0.258 e. The minimum Gasteiger partial charge on any atom is -0.329 e. The number of hydrogen-bond donors (Lipinski definition) is 0. The van der Waals surface area contributed by atoms with E-state index < -0.39 is 11.7 Å². The van der Waals surface area contributed by atoms with Gasteiger partial charge < -0.3 is 9.47 Å². The van der Waals surface area contributed by atoms with Crippen LogP contribution in [-0.2, 0) is 6.54 Å². The smallest absolute Gasteiger partial charge is 0.258 e. The largest absolute Gasteiger partial charge is 0.329 e. The lowest BCUT2D eigenvalue weighted by atomic mass is 10.1. The zero-order valence-electron chi connectivity index (χ0n) is 12.6. The summed E-state index contributed by atoms with van der Waals surface area (Å²) in [5, 5.41) is 8.29. The molecule has 0 spiro atoms. The van der Waals surface area contributed by atoms with Gasteiger partial charge in [-0.3, -0.25) is 4.79 Å². The Morgan fingerprint density at radius 1 is 1.36 bits per heavy atom. The number of fused-ring (bicyclic) bond motifs is 1. The number of hydrogen-bond acceptors (Lipinski definition) is 3. The minimum absolute atomic E-state index is 0.0364. The molecule has 0 fully saturated rings. The van der Waals surface area contributed by atoms with E-state index in [1.54, 1.807) is 17.9 Å². The molecular weight excluding hydrogens is 307 g/mol. The van der Waals surface area contributed by atoms with Crippen LogP contribution >= 0.6 is 11.6 Å². The average Bonchev–Trinajstić information content (AvgIpc) is 2.85. The quantitative estimate of drug-likeness (QED) is 0.811. The fraction of sp³-hybridized carbons (Fsp3) is 0.400. The van der Waals surface area contributed by atoms with E-state index in [9.17, 15) is 9.18 Å². The summed E-state index contributed by atoms with van der Waals surface area (Å²) < 4.78 is 16.1. The molecule has 3 rings (SSSR count). The maximum absolute atomic E-state index is 14.1. The van der Waals surface area contributed by atoms with Gasteiger partial charge in [-0.05, 0) is 32.4 Å². The highest BCUT2D eigenvalue weighted by Gasteiger charge is 2.31. The summed E-state index contributed by atoms with van der Waals surface area (Å²) in [5.74, 6) is 0.504. The van der Waals surface area contributed by atoms with Gasteiger partial charge in [0.25, 0.3) is 5.91 Å². The number of rotatable bonds is 1. The van der Waals surface area contributed by atoms with Crippen LogP contribution in [0.3, 0.4) is 0 Å². The Kier molecular flexibility index (Phi) is 3.64. The first-order valence-electron chi connectivity index (χ1n) is 7.04. The summed E-state index contributed by atoms with van der Waals surface area (Å²) in [6.07, 6.45) is 0. The van der Waals surface area contributed by atoms with Crippen molar-refractivity contribution in [3.8, 4) is 0 Å². The number of benzene rings is 1. The fourth-order valence-corrected chi connectivity index (χ4v) is 3.13. The predicted octanol–water partition coefficient (Wildman–Crippen LogP) is 2.90. The molecule has 5 nitrogen and oxygen atoms in total. The number of aromatic nitrogens is 3. The van der Waals surface area contributed by atoms with E-state index in [4.69, 9.17) is 11.6 Å². The van der Waals surface area contributed by atoms with Crippen LogP contribution in [0, 0.1) is 19.7 Å². The molecule has 22 heavy (non-hydrogen) atoms. The van der Waals surface area contributed by atoms with Gasteiger partial charge in [-0.2, -0.15) is 0 Å². The molecule has 1 aliphatic rings. The summed E-state index contributed by atoms with van der Waals surface area (Å²) in [6, 6.07) is 2.87. The van der Waals surface area contributed by atoms with E-state index in [-0.39, 0.29) is 16.6 Å². The van der Waals surface area contributed by atoms with Crippen LogP contribution in [0.25, 0.3) is 0 Å². The predicted molar refractivity (Wildman–Crippen MR) is 80.4 cm³/mol. The third-order valence-corrected chi connectivity index (χ3v) is 4.47. The van der Waals surface area contributed by atoms with Gasteiger partial charge in [0.05, 0.1) is 23.2 Å². The van der Waals surface area contributed by atoms with Gasteiger partial charge in [-0.15, -0.1) is 10.2 Å². The van der Waals surface area contributed by atoms with Crippen LogP contribution in [0.4, 0.5) is 4.39 Å². The Labute approximate surface area is 132 Å². The normalized spacial score (nSPS) is 17.5. The summed E-state index contributed by atoms with van der Waals surface area (Å²) in [6.45, 7) is 6.37. The van der Waals surface area contributed by atoms with Crippen molar-refractivity contribution in [1.29, 1.82) is 0 Å². The Bertz CT molecular complexity index is 758. The lowest BCUT2D eigenvalue weighted by Crippen LogP contribution is -2.41. The van der Waals surface area contributed by atoms with Crippen molar-refractivity contribution in [3.63, 3.8) is 0 Å². The minimum atomic E-state index is -0.600. The molecule has 1 aromatic carbocycles. The van der Waals surface area contributed by atoms with E-state index in [0.29, 0.717) is 24.5 Å². The van der Waals surface area contributed by atoms with Crippen LogP contribution in [0.15, 0.2) is 12.1 Å². The summed E-state index contributed by atoms with van der Waals surface area (Å²) in [4.78, 5) is 14.3. The van der Waals surface area contributed by atoms with E-state index in [0.717, 1.165) is 5.82 Å². The standard InChI is InChI=1S/C15H16ClFN4O/c1-8-4-5-11(17)13(14(8)16)15(22)20-6-9(2)21-10(3)18-19-12(21)7-20/h4-5,9H,6-7H2,1-3H3/t9-/m1/s1. The van der Waals surface area contributed by atoms with Crippen LogP contribution in [0.5, 0.6) is 0 Å². The Morgan fingerprint density at radius 3 is 2.82 bits per heavy atom. The Morgan fingerprint density at radius 2 is 2.09 bits per heavy atom. The van der Waals surface area contributed by atoms with Crippen LogP contribution in [0.1, 0.15) is 40.5 Å². The van der Waals surface area contributed by atoms with Gasteiger partial charge in [0.2, 0.25) is 0 Å². The van der Waals surface area contributed by atoms with Gasteiger partial charge in [0.15, 0.2) is 5.82 Å². The van der Waals surface area contributed by atoms with Crippen molar-refractivity contribution < 1.29 is 9.18 Å². The first-order valence-corrected chi connectivity index (χ1v) is 7.42. The topological polar surface area (TPSA) is 51.0 Å². The number of aryl methyl sites for hydroxylation is 2. The highest BCUT2D eigenvalue weighted by atomic mass is 35.5. The average molecular weight is 323 g/mol. The number of carbonyl (C=O) groups is 1. The fourth-order valence-electron chi connectivity index (χ4n) is 2.90. The SMILES string of the molecule is Cc1ccc(F)c(C(=O)N2Cc3nnc(C)n3[C@H](C)C2)c1Cl. The van der Waals surface area contributed by atoms with E-state index >= 15 is 0 Å². The van der Waals surface area contributed by atoms with E-state index in [1.165, 1.54) is 6.07 Å². The molecule has 0 saturated carbocycles. The van der Waals surface area contributed by atoms with Crippen molar-refractivity contribution in [2.45, 2.75) is 33.4 Å². The molecule has 2 heterocycles. The molecule has 1 amide bonds. The van der Waals surface area contributed by atoms with Gasteiger partial charge in [-0.25, -0.2) is 4.39 Å². The van der Waals surface area contributed by atoms with Crippen molar-refractivity contribution >= 4 is 17.5 Å². The molecule has 1 aromatic heterocycles. The lowest BCUT2D eigenvalue weighted by molar-refractivity contribution is 0.0675. The van der Waals surface area contributed by atoms with Crippen LogP contribution < -0.4 is 0 Å². The molecular formula is C15H16ClFN4O. The third-order valence-electron chi connectivity index (χ3n) is 3.98. The molecule has 0 aliphatic carbocycles. The first-order chi connectivity index (χ1) is 10.4. The van der Waals surface area contributed by atoms with Crippen molar-refractivity contribution in [2.75, 3.05) is 6.54 Å². The summed E-state index contributed by atoms with van der Waals surface area (Å²) in [5.41, 5.74) is 0.606. The lowest BCUT2D eigenvalue weighted by Gasteiger charge is -2.32. The zero-order chi connectivity index (χ0) is 16.0. The number of halogens is 2. The van der Waals surface area contributed by atoms with E-state index in [1.807, 2.05) is 18.4 Å². The van der Waals surface area contributed by atoms with Gasteiger partial charge in [0.1, 0.15) is 11.6 Å². The Hall–Kier alpha value is -1.95. The molecule has 0 saturated heterocycles. The molecule has 1 aliphatic heterocycles. The van der Waals surface area contributed by atoms with E-state index in [2.05, 4.69) is 10.2 Å². The van der Waals surface area contributed by atoms with Gasteiger partial charge >= 0.3 is 0 Å². The second-order valence-electron chi connectivity index (χ2n) is 5.62. The maximum atomic E-state index is 14.1. The zero-order valence-corrected chi connectivity index (χ0v) is 13.4. The van der Waals surface area contributed by atoms with Crippen LogP contribution in [-0.4, -0.2) is 32.1 Å².